The van der Waals surface area contributed by atoms with Crippen molar-refractivity contribution < 1.29 is 0 Å². The number of rotatable bonds is 3. The fourth-order valence-electron chi connectivity index (χ4n) is 5.65. The van der Waals surface area contributed by atoms with Crippen LogP contribution >= 0.6 is 0 Å². The number of aryl methyl sites for hydroxylation is 1. The minimum atomic E-state index is -0.0372. The van der Waals surface area contributed by atoms with Crippen LogP contribution in [-0.4, -0.2) is 0 Å². The molecule has 5 rings (SSSR count). The summed E-state index contributed by atoms with van der Waals surface area (Å²) in [5.41, 5.74) is 13.3. The third-order valence-corrected chi connectivity index (χ3v) is 8.06. The minimum Gasteiger partial charge on any atom is -0.310 e. The molecule has 4 aromatic rings. The Hall–Kier alpha value is -3.32. The quantitative estimate of drug-likeness (QED) is 0.278. The molecule has 0 radical (unpaired) electrons. The van der Waals surface area contributed by atoms with E-state index in [4.69, 9.17) is 0 Å². The van der Waals surface area contributed by atoms with Crippen molar-refractivity contribution >= 4 is 17.1 Å². The van der Waals surface area contributed by atoms with E-state index < -0.39 is 0 Å². The zero-order chi connectivity index (χ0) is 26.8. The Labute approximate surface area is 224 Å². The highest BCUT2D eigenvalue weighted by molar-refractivity contribution is 5.85. The van der Waals surface area contributed by atoms with Crippen molar-refractivity contribution in [3.05, 3.63) is 113 Å². The standard InChI is InChI=1S/C36H41N/c1-24-10-20-30-31-21-19-29(23-33(31)36(8,9)32(30)22-24)37(27-15-11-25(12-16-27)34(2,3)4)28-17-13-26(14-18-28)35(5,6)7/h10-23H,1-9H3. The van der Waals surface area contributed by atoms with Crippen molar-refractivity contribution in [1.82, 2.24) is 0 Å². The van der Waals surface area contributed by atoms with E-state index >= 15 is 0 Å². The van der Waals surface area contributed by atoms with Crippen molar-refractivity contribution in [3.63, 3.8) is 0 Å². The summed E-state index contributed by atoms with van der Waals surface area (Å²) in [4.78, 5) is 2.41. The lowest BCUT2D eigenvalue weighted by Crippen LogP contribution is -2.17. The molecule has 0 saturated carbocycles. The third-order valence-electron chi connectivity index (χ3n) is 8.06. The van der Waals surface area contributed by atoms with Gasteiger partial charge in [-0.2, -0.15) is 0 Å². The molecule has 37 heavy (non-hydrogen) atoms. The Morgan fingerprint density at radius 3 is 1.38 bits per heavy atom. The lowest BCUT2D eigenvalue weighted by molar-refractivity contribution is 0.590. The maximum atomic E-state index is 2.42. The van der Waals surface area contributed by atoms with E-state index in [0.717, 1.165) is 0 Å². The molecular formula is C36H41N. The second kappa shape index (κ2) is 8.62. The molecule has 0 saturated heterocycles. The molecule has 0 bridgehead atoms. The molecule has 0 aliphatic heterocycles. The van der Waals surface area contributed by atoms with Gasteiger partial charge in [-0.05, 0) is 87.5 Å². The van der Waals surface area contributed by atoms with Crippen LogP contribution < -0.4 is 4.90 Å². The van der Waals surface area contributed by atoms with Gasteiger partial charge in [0.15, 0.2) is 0 Å². The lowest BCUT2D eigenvalue weighted by Gasteiger charge is -2.29. The zero-order valence-corrected chi connectivity index (χ0v) is 24.0. The Morgan fingerprint density at radius 1 is 0.514 bits per heavy atom. The van der Waals surface area contributed by atoms with Crippen LogP contribution in [0, 0.1) is 6.92 Å². The average molecular weight is 488 g/mol. The summed E-state index contributed by atoms with van der Waals surface area (Å²) in [5.74, 6) is 0. The lowest BCUT2D eigenvalue weighted by atomic mass is 9.82. The number of nitrogens with zero attached hydrogens (tertiary/aromatic N) is 1. The fourth-order valence-corrected chi connectivity index (χ4v) is 5.65. The number of benzene rings is 4. The molecule has 0 atom stereocenters. The molecule has 1 nitrogen and oxygen atoms in total. The van der Waals surface area contributed by atoms with Crippen LogP contribution in [-0.2, 0) is 16.2 Å². The van der Waals surface area contributed by atoms with Gasteiger partial charge in [0, 0.05) is 22.5 Å². The van der Waals surface area contributed by atoms with Crippen LogP contribution in [0.3, 0.4) is 0 Å². The summed E-state index contributed by atoms with van der Waals surface area (Å²) in [5, 5.41) is 0. The summed E-state index contributed by atoms with van der Waals surface area (Å²) in [7, 11) is 0. The van der Waals surface area contributed by atoms with Crippen LogP contribution in [0.1, 0.15) is 83.2 Å². The largest absolute Gasteiger partial charge is 0.310 e. The van der Waals surface area contributed by atoms with Gasteiger partial charge in [0.05, 0.1) is 0 Å². The highest BCUT2D eigenvalue weighted by Crippen LogP contribution is 2.51. The first-order valence-corrected chi connectivity index (χ1v) is 13.5. The molecule has 1 aliphatic carbocycles. The molecule has 0 fully saturated rings. The van der Waals surface area contributed by atoms with Gasteiger partial charge in [-0.25, -0.2) is 0 Å². The van der Waals surface area contributed by atoms with E-state index in [1.54, 1.807) is 0 Å². The maximum absolute atomic E-state index is 2.42. The first kappa shape index (κ1) is 25.3. The van der Waals surface area contributed by atoms with E-state index in [9.17, 15) is 0 Å². The van der Waals surface area contributed by atoms with E-state index in [1.807, 2.05) is 0 Å². The van der Waals surface area contributed by atoms with E-state index in [0.29, 0.717) is 0 Å². The van der Waals surface area contributed by atoms with Crippen LogP contribution in [0.2, 0.25) is 0 Å². The van der Waals surface area contributed by atoms with E-state index in [1.165, 1.54) is 56.0 Å². The molecule has 0 spiro atoms. The SMILES string of the molecule is Cc1ccc2c(c1)C(C)(C)c1cc(N(c3ccc(C(C)(C)C)cc3)c3ccc(C(C)(C)C)cc3)ccc1-2. The summed E-state index contributed by atoms with van der Waals surface area (Å²) >= 11 is 0. The van der Waals surface area contributed by atoms with Crippen molar-refractivity contribution in [3.8, 4) is 11.1 Å². The smallest absolute Gasteiger partial charge is 0.0465 e. The molecule has 0 N–H and O–H groups in total. The Balaban J connectivity index is 1.65. The molecule has 190 valence electrons. The number of fused-ring (bicyclic) bond motifs is 3. The number of anilines is 3. The normalized spacial score (nSPS) is 14.3. The first-order valence-electron chi connectivity index (χ1n) is 13.5. The highest BCUT2D eigenvalue weighted by atomic mass is 15.1. The monoisotopic (exact) mass is 487 g/mol. The Kier molecular flexibility index (Phi) is 5.90. The summed E-state index contributed by atoms with van der Waals surface area (Å²) in [6.45, 7) is 20.5. The van der Waals surface area contributed by atoms with Gasteiger partial charge in [0.2, 0.25) is 0 Å². The Bertz CT molecular complexity index is 1380. The number of hydrogen-bond acceptors (Lipinski definition) is 1. The van der Waals surface area contributed by atoms with Crippen molar-refractivity contribution in [1.29, 1.82) is 0 Å². The van der Waals surface area contributed by atoms with Crippen LogP contribution in [0.4, 0.5) is 17.1 Å². The van der Waals surface area contributed by atoms with Crippen molar-refractivity contribution in [2.24, 2.45) is 0 Å². The predicted molar refractivity (Wildman–Crippen MR) is 161 cm³/mol. The molecule has 0 aromatic heterocycles. The maximum Gasteiger partial charge on any atom is 0.0465 e. The van der Waals surface area contributed by atoms with Crippen molar-refractivity contribution in [2.45, 2.75) is 78.6 Å². The Morgan fingerprint density at radius 2 is 0.919 bits per heavy atom. The van der Waals surface area contributed by atoms with Gasteiger partial charge in [0.1, 0.15) is 0 Å². The van der Waals surface area contributed by atoms with Crippen LogP contribution in [0.25, 0.3) is 11.1 Å². The topological polar surface area (TPSA) is 3.24 Å². The van der Waals surface area contributed by atoms with Crippen molar-refractivity contribution in [2.75, 3.05) is 4.90 Å². The minimum absolute atomic E-state index is 0.0372. The van der Waals surface area contributed by atoms with Gasteiger partial charge >= 0.3 is 0 Å². The number of hydrogen-bond donors (Lipinski definition) is 0. The average Bonchev–Trinajstić information content (AvgIpc) is 3.05. The first-order chi connectivity index (χ1) is 17.3. The second-order valence-electron chi connectivity index (χ2n) is 13.3. The molecule has 1 aliphatic rings. The van der Waals surface area contributed by atoms with E-state index in [2.05, 4.69) is 152 Å². The van der Waals surface area contributed by atoms with Gasteiger partial charge in [-0.3, -0.25) is 0 Å². The van der Waals surface area contributed by atoms with Gasteiger partial charge in [-0.15, -0.1) is 0 Å². The zero-order valence-electron chi connectivity index (χ0n) is 24.0. The van der Waals surface area contributed by atoms with Crippen LogP contribution in [0.15, 0.2) is 84.9 Å². The summed E-state index contributed by atoms with van der Waals surface area (Å²) < 4.78 is 0. The second-order valence-corrected chi connectivity index (χ2v) is 13.3. The molecule has 0 heterocycles. The van der Waals surface area contributed by atoms with E-state index in [-0.39, 0.29) is 16.2 Å². The summed E-state index contributed by atoms with van der Waals surface area (Å²) in [6.07, 6.45) is 0. The van der Waals surface area contributed by atoms with Gasteiger partial charge < -0.3 is 4.90 Å². The molecule has 0 amide bonds. The molecule has 0 unspecified atom stereocenters. The van der Waals surface area contributed by atoms with Gasteiger partial charge in [0.25, 0.3) is 0 Å². The van der Waals surface area contributed by atoms with Crippen LogP contribution in [0.5, 0.6) is 0 Å². The molecular weight excluding hydrogens is 446 g/mol. The highest BCUT2D eigenvalue weighted by Gasteiger charge is 2.36. The fraction of sp³-hybridized carbons (Fsp3) is 0.333. The van der Waals surface area contributed by atoms with Gasteiger partial charge in [-0.1, -0.05) is 109 Å². The third kappa shape index (κ3) is 4.50. The molecule has 1 heteroatoms. The summed E-state index contributed by atoms with van der Waals surface area (Å²) in [6, 6.07) is 32.1. The molecule has 4 aromatic carbocycles. The predicted octanol–water partition coefficient (Wildman–Crippen LogP) is 10.4.